The van der Waals surface area contributed by atoms with Gasteiger partial charge in [-0.1, -0.05) is 0 Å². The lowest BCUT2D eigenvalue weighted by Crippen LogP contribution is -2.50. The molecule has 3 amide bonds. The molecule has 12 heteroatoms. The van der Waals surface area contributed by atoms with E-state index >= 15 is 0 Å². The Morgan fingerprint density at radius 2 is 1.92 bits per heavy atom. The molecule has 26 heavy (non-hydrogen) atoms. The largest absolute Gasteiger partial charge is 0.418 e. The molecule has 1 aliphatic carbocycles. The Kier molecular flexibility index (Phi) is 4.80. The number of amides is 3. The molecule has 10 nitrogen and oxygen atoms in total. The molecule has 0 aromatic carbocycles. The summed E-state index contributed by atoms with van der Waals surface area (Å²) in [6.07, 6.45) is 2.62. The molecule has 0 spiro atoms. The Bertz CT molecular complexity index is 691. The Morgan fingerprint density at radius 1 is 1.23 bits per heavy atom. The van der Waals surface area contributed by atoms with Gasteiger partial charge in [0.2, 0.25) is 0 Å². The molecule has 3 saturated heterocycles. The molecule has 3 heterocycles. The van der Waals surface area contributed by atoms with E-state index in [1.807, 2.05) is 11.8 Å². The van der Waals surface area contributed by atoms with Crippen molar-refractivity contribution in [1.82, 2.24) is 15.4 Å². The van der Waals surface area contributed by atoms with Gasteiger partial charge in [0.1, 0.15) is 6.04 Å². The van der Waals surface area contributed by atoms with Gasteiger partial charge in [0.05, 0.1) is 12.1 Å². The van der Waals surface area contributed by atoms with Gasteiger partial charge in [-0.2, -0.15) is 25.2 Å². The summed E-state index contributed by atoms with van der Waals surface area (Å²) in [5.74, 6) is 3.19. The zero-order chi connectivity index (χ0) is 18.5. The second-order valence-corrected chi connectivity index (χ2v) is 9.32. The Hall–Kier alpha value is -1.08. The number of carbonyl (C=O) groups is 2. The number of hydrogen-bond acceptors (Lipinski definition) is 7. The second kappa shape index (κ2) is 6.82. The minimum absolute atomic E-state index is 0.000155. The average Bonchev–Trinajstić information content (AvgIpc) is 3.22. The van der Waals surface area contributed by atoms with E-state index in [9.17, 15) is 18.0 Å². The summed E-state index contributed by atoms with van der Waals surface area (Å²) in [6.45, 7) is 0.164. The number of thioether (sulfide) groups is 1. The van der Waals surface area contributed by atoms with Crippen LogP contribution in [0.5, 0.6) is 0 Å². The third-order valence-corrected chi connectivity index (χ3v) is 7.26. The zero-order valence-corrected chi connectivity index (χ0v) is 15.6. The molecule has 0 aromatic heterocycles. The molecule has 4 rings (SSSR count). The van der Waals surface area contributed by atoms with Crippen molar-refractivity contribution in [3.8, 4) is 0 Å². The van der Waals surface area contributed by atoms with Crippen LogP contribution in [0.4, 0.5) is 4.79 Å². The number of hydrogen-bond donors (Lipinski definition) is 2. The zero-order valence-electron chi connectivity index (χ0n) is 13.9. The fourth-order valence-corrected chi connectivity index (χ4v) is 6.29. The topological polar surface area (TPSA) is 125 Å². The van der Waals surface area contributed by atoms with Gasteiger partial charge in [-0.15, -0.1) is 4.28 Å². The molecule has 146 valence electrons. The van der Waals surface area contributed by atoms with Gasteiger partial charge in [-0.25, -0.2) is 10.3 Å². The summed E-state index contributed by atoms with van der Waals surface area (Å²) in [7, 11) is -4.79. The first-order valence-corrected chi connectivity index (χ1v) is 11.1. The van der Waals surface area contributed by atoms with Crippen LogP contribution < -0.4 is 5.48 Å². The van der Waals surface area contributed by atoms with Gasteiger partial charge < -0.3 is 4.90 Å². The molecule has 4 fully saturated rings. The van der Waals surface area contributed by atoms with Gasteiger partial charge in [-0.05, 0) is 49.0 Å². The molecule has 2 unspecified atom stereocenters. The standard InChI is InChI=1S/C14H21N3O7S2/c18-13(15-23-11-3-8-6-25-7-9(8)4-11)12-2-1-10-5-16(12)14(19)17(10)24-26(20,21)22/h8-12H,1-7H2,(H,15,18)(H,20,21,22)/t8?,9?,10-,11?,12+/m1/s1. The number of fused-ring (bicyclic) bond motifs is 3. The lowest BCUT2D eigenvalue weighted by molar-refractivity contribution is -0.143. The van der Waals surface area contributed by atoms with Crippen molar-refractivity contribution in [2.75, 3.05) is 18.1 Å². The van der Waals surface area contributed by atoms with Crippen molar-refractivity contribution in [2.24, 2.45) is 11.8 Å². The maximum Gasteiger partial charge on any atom is 0.418 e. The third-order valence-electron chi connectivity index (χ3n) is 5.59. The molecule has 4 aliphatic rings. The van der Waals surface area contributed by atoms with Crippen LogP contribution in [-0.2, 0) is 24.3 Å². The predicted molar refractivity (Wildman–Crippen MR) is 89.9 cm³/mol. The fourth-order valence-electron chi connectivity index (χ4n) is 4.35. The summed E-state index contributed by atoms with van der Waals surface area (Å²) in [4.78, 5) is 31.6. The number of urea groups is 1. The van der Waals surface area contributed by atoms with E-state index in [2.05, 4.69) is 9.76 Å². The highest BCUT2D eigenvalue weighted by atomic mass is 32.3. The van der Waals surface area contributed by atoms with E-state index < -0.39 is 34.4 Å². The molecule has 2 bridgehead atoms. The predicted octanol–water partition coefficient (Wildman–Crippen LogP) is 0.179. The van der Waals surface area contributed by atoms with Crippen LogP contribution in [0.15, 0.2) is 0 Å². The lowest BCUT2D eigenvalue weighted by Gasteiger charge is -2.29. The maximum absolute atomic E-state index is 12.5. The first-order valence-electron chi connectivity index (χ1n) is 8.62. The number of carbonyl (C=O) groups excluding carboxylic acids is 2. The summed E-state index contributed by atoms with van der Waals surface area (Å²) >= 11 is 1.96. The van der Waals surface area contributed by atoms with Crippen molar-refractivity contribution < 1.29 is 31.7 Å². The van der Waals surface area contributed by atoms with Crippen LogP contribution >= 0.6 is 11.8 Å². The molecule has 2 N–H and O–H groups in total. The van der Waals surface area contributed by atoms with Gasteiger partial charge in [0.25, 0.3) is 5.91 Å². The van der Waals surface area contributed by atoms with E-state index in [0.717, 1.165) is 24.3 Å². The summed E-state index contributed by atoms with van der Waals surface area (Å²) in [5.41, 5.74) is 2.48. The highest BCUT2D eigenvalue weighted by Crippen LogP contribution is 2.42. The third kappa shape index (κ3) is 3.52. The Labute approximate surface area is 155 Å². The van der Waals surface area contributed by atoms with E-state index in [0.29, 0.717) is 29.7 Å². The van der Waals surface area contributed by atoms with Gasteiger partial charge in [0.15, 0.2) is 0 Å². The van der Waals surface area contributed by atoms with Gasteiger partial charge >= 0.3 is 16.4 Å². The number of hydroxylamine groups is 3. The van der Waals surface area contributed by atoms with Crippen molar-refractivity contribution in [2.45, 2.75) is 43.9 Å². The van der Waals surface area contributed by atoms with E-state index in [1.54, 1.807) is 0 Å². The van der Waals surface area contributed by atoms with Crippen LogP contribution in [-0.4, -0.2) is 71.1 Å². The average molecular weight is 407 g/mol. The summed E-state index contributed by atoms with van der Waals surface area (Å²) in [5, 5.41) is 0.624. The summed E-state index contributed by atoms with van der Waals surface area (Å²) in [6, 6.07) is -2.01. The molecule has 3 aliphatic heterocycles. The number of rotatable bonds is 5. The molecule has 0 radical (unpaired) electrons. The number of nitrogens with zero attached hydrogens (tertiary/aromatic N) is 2. The van der Waals surface area contributed by atoms with Gasteiger partial charge in [-0.3, -0.25) is 14.2 Å². The van der Waals surface area contributed by atoms with Gasteiger partial charge in [0, 0.05) is 6.54 Å². The first kappa shape index (κ1) is 18.3. The SMILES string of the molecule is O=C(NOC1CC2CSCC2C1)[C@@H]1CC[C@@H]2CN1C(=O)N2OS(=O)(=O)O. The molecule has 4 atom stereocenters. The molecular weight excluding hydrogens is 386 g/mol. The maximum atomic E-state index is 12.5. The van der Waals surface area contributed by atoms with E-state index in [1.165, 1.54) is 4.90 Å². The normalized spacial score (nSPS) is 36.5. The molecule has 1 saturated carbocycles. The highest BCUT2D eigenvalue weighted by molar-refractivity contribution is 7.99. The highest BCUT2D eigenvalue weighted by Gasteiger charge is 2.49. The van der Waals surface area contributed by atoms with Crippen LogP contribution in [0.2, 0.25) is 0 Å². The van der Waals surface area contributed by atoms with Crippen LogP contribution in [0.3, 0.4) is 0 Å². The van der Waals surface area contributed by atoms with E-state index in [-0.39, 0.29) is 12.6 Å². The Morgan fingerprint density at radius 3 is 2.58 bits per heavy atom. The monoisotopic (exact) mass is 407 g/mol. The minimum Gasteiger partial charge on any atom is -0.309 e. The van der Waals surface area contributed by atoms with Crippen molar-refractivity contribution in [3.05, 3.63) is 0 Å². The quantitative estimate of drug-likeness (QED) is 0.488. The number of piperidine rings is 1. The minimum atomic E-state index is -4.79. The van der Waals surface area contributed by atoms with Crippen molar-refractivity contribution in [3.63, 3.8) is 0 Å². The summed E-state index contributed by atoms with van der Waals surface area (Å²) < 4.78 is 34.9. The smallest absolute Gasteiger partial charge is 0.309 e. The Balaban J connectivity index is 1.32. The van der Waals surface area contributed by atoms with Crippen molar-refractivity contribution >= 4 is 34.1 Å². The molecule has 0 aromatic rings. The molecular formula is C14H21N3O7S2. The van der Waals surface area contributed by atoms with Crippen LogP contribution in [0.1, 0.15) is 25.7 Å². The lowest BCUT2D eigenvalue weighted by atomic mass is 10.0. The van der Waals surface area contributed by atoms with E-state index in [4.69, 9.17) is 9.39 Å². The fraction of sp³-hybridized carbons (Fsp3) is 0.857. The van der Waals surface area contributed by atoms with Crippen LogP contribution in [0.25, 0.3) is 0 Å². The first-order chi connectivity index (χ1) is 12.3. The second-order valence-electron chi connectivity index (χ2n) is 7.25. The van der Waals surface area contributed by atoms with Crippen LogP contribution in [0, 0.1) is 11.8 Å². The van der Waals surface area contributed by atoms with Crippen molar-refractivity contribution in [1.29, 1.82) is 0 Å². The number of nitrogens with one attached hydrogen (secondary N) is 1.